The first-order valence-electron chi connectivity index (χ1n) is 5.84. The van der Waals surface area contributed by atoms with Crippen LogP contribution in [0.25, 0.3) is 0 Å². The number of amides is 2. The highest BCUT2D eigenvalue weighted by Gasteiger charge is 2.29. The predicted octanol–water partition coefficient (Wildman–Crippen LogP) is -0.110. The Morgan fingerprint density at radius 1 is 1.50 bits per heavy atom. The fraction of sp³-hybridized carbons (Fsp3) is 0.545. The van der Waals surface area contributed by atoms with Crippen LogP contribution < -0.4 is 10.6 Å². The van der Waals surface area contributed by atoms with Gasteiger partial charge in [0.15, 0.2) is 5.82 Å². The number of carbonyl (C=O) groups is 2. The van der Waals surface area contributed by atoms with E-state index in [9.17, 15) is 14.7 Å². The summed E-state index contributed by atoms with van der Waals surface area (Å²) in [5.74, 6) is -0.996. The van der Waals surface area contributed by atoms with Crippen molar-refractivity contribution in [1.82, 2.24) is 10.5 Å². The van der Waals surface area contributed by atoms with Crippen LogP contribution in [0.1, 0.15) is 19.3 Å². The number of rotatable bonds is 5. The van der Waals surface area contributed by atoms with Gasteiger partial charge in [-0.3, -0.25) is 14.9 Å². The van der Waals surface area contributed by atoms with Gasteiger partial charge in [-0.05, 0) is 25.2 Å². The maximum Gasteiger partial charge on any atom is 0.314 e. The van der Waals surface area contributed by atoms with Crippen LogP contribution in [0.5, 0.6) is 0 Å². The van der Waals surface area contributed by atoms with E-state index in [-0.39, 0.29) is 18.5 Å². The molecule has 1 heterocycles. The minimum atomic E-state index is -0.801. The molecule has 0 radical (unpaired) electrons. The van der Waals surface area contributed by atoms with Crippen LogP contribution in [0.3, 0.4) is 0 Å². The number of nitrogens with one attached hydrogen (secondary N) is 2. The van der Waals surface area contributed by atoms with Crippen molar-refractivity contribution in [1.29, 1.82) is 0 Å². The van der Waals surface area contributed by atoms with Crippen molar-refractivity contribution in [2.24, 2.45) is 5.92 Å². The Balaban J connectivity index is 1.65. The minimum absolute atomic E-state index is 0.188. The molecule has 0 unspecified atom stereocenters. The number of carbonyl (C=O) groups excluding carboxylic acids is 2. The molecule has 2 rings (SSSR count). The fourth-order valence-electron chi connectivity index (χ4n) is 1.58. The van der Waals surface area contributed by atoms with Crippen LogP contribution in [0, 0.1) is 5.92 Å². The molecule has 1 aliphatic carbocycles. The molecule has 2 amide bonds. The highest BCUT2D eigenvalue weighted by Crippen LogP contribution is 2.33. The Kier molecular flexibility index (Phi) is 3.93. The number of aromatic nitrogens is 1. The zero-order chi connectivity index (χ0) is 13.0. The minimum Gasteiger partial charge on any atom is -0.393 e. The molecular weight excluding hydrogens is 238 g/mol. The Hall–Kier alpha value is -1.89. The van der Waals surface area contributed by atoms with E-state index in [0.29, 0.717) is 12.3 Å². The lowest BCUT2D eigenvalue weighted by Gasteiger charge is -2.09. The number of hydrogen-bond acceptors (Lipinski definition) is 5. The highest BCUT2D eigenvalue weighted by atomic mass is 16.5. The van der Waals surface area contributed by atoms with Crippen LogP contribution >= 0.6 is 0 Å². The lowest BCUT2D eigenvalue weighted by molar-refractivity contribution is -0.136. The Bertz CT molecular complexity index is 414. The van der Waals surface area contributed by atoms with Crippen molar-refractivity contribution >= 4 is 17.6 Å². The molecule has 0 aromatic carbocycles. The van der Waals surface area contributed by atoms with Crippen molar-refractivity contribution in [3.05, 3.63) is 12.3 Å². The lowest BCUT2D eigenvalue weighted by Crippen LogP contribution is -2.37. The van der Waals surface area contributed by atoms with Gasteiger partial charge in [0.1, 0.15) is 6.26 Å². The molecular formula is C11H15N3O4. The normalized spacial score (nSPS) is 16.1. The fourth-order valence-corrected chi connectivity index (χ4v) is 1.58. The number of hydrogen-bond donors (Lipinski definition) is 3. The van der Waals surface area contributed by atoms with Crippen molar-refractivity contribution in [2.75, 3.05) is 11.9 Å². The van der Waals surface area contributed by atoms with E-state index in [2.05, 4.69) is 20.3 Å². The van der Waals surface area contributed by atoms with E-state index in [1.54, 1.807) is 0 Å². The maximum absolute atomic E-state index is 11.4. The second-order valence-electron chi connectivity index (χ2n) is 4.29. The Labute approximate surface area is 104 Å². The predicted molar refractivity (Wildman–Crippen MR) is 61.5 cm³/mol. The van der Waals surface area contributed by atoms with E-state index in [0.717, 1.165) is 12.8 Å². The molecule has 7 nitrogen and oxygen atoms in total. The zero-order valence-electron chi connectivity index (χ0n) is 9.76. The lowest BCUT2D eigenvalue weighted by atomic mass is 10.2. The summed E-state index contributed by atoms with van der Waals surface area (Å²) in [6.07, 6.45) is 3.46. The maximum atomic E-state index is 11.4. The van der Waals surface area contributed by atoms with Crippen LogP contribution in [0.4, 0.5) is 5.82 Å². The molecule has 18 heavy (non-hydrogen) atoms. The first-order valence-corrected chi connectivity index (χ1v) is 5.84. The molecule has 1 aliphatic rings. The van der Waals surface area contributed by atoms with E-state index < -0.39 is 11.8 Å². The third-order valence-corrected chi connectivity index (χ3v) is 2.78. The molecule has 98 valence electrons. The number of nitrogens with zero attached hydrogens (tertiary/aromatic N) is 1. The van der Waals surface area contributed by atoms with Gasteiger partial charge >= 0.3 is 11.8 Å². The zero-order valence-corrected chi connectivity index (χ0v) is 9.76. The van der Waals surface area contributed by atoms with E-state index in [4.69, 9.17) is 0 Å². The molecule has 0 spiro atoms. The van der Waals surface area contributed by atoms with Crippen molar-refractivity contribution < 1.29 is 19.2 Å². The summed E-state index contributed by atoms with van der Waals surface area (Å²) in [7, 11) is 0. The third kappa shape index (κ3) is 3.56. The second kappa shape index (κ2) is 5.63. The summed E-state index contributed by atoms with van der Waals surface area (Å²) in [4.78, 5) is 22.7. The van der Waals surface area contributed by atoms with Crippen molar-refractivity contribution in [3.63, 3.8) is 0 Å². The summed E-state index contributed by atoms with van der Waals surface area (Å²) in [6.45, 7) is 0.280. The van der Waals surface area contributed by atoms with Gasteiger partial charge in [0.05, 0.1) is 6.10 Å². The van der Waals surface area contributed by atoms with E-state index in [1.807, 2.05) is 0 Å². The van der Waals surface area contributed by atoms with Gasteiger partial charge in [-0.2, -0.15) is 0 Å². The van der Waals surface area contributed by atoms with E-state index >= 15 is 0 Å². The van der Waals surface area contributed by atoms with Crippen molar-refractivity contribution in [2.45, 2.75) is 25.4 Å². The molecule has 3 N–H and O–H groups in total. The molecule has 1 atom stereocenters. The third-order valence-electron chi connectivity index (χ3n) is 2.78. The summed E-state index contributed by atoms with van der Waals surface area (Å²) >= 11 is 0. The largest absolute Gasteiger partial charge is 0.393 e. The SMILES string of the molecule is O=C(NCC[C@@H](O)C1CC1)C(=O)Nc1ccon1. The number of aliphatic hydroxyl groups excluding tert-OH is 1. The molecule has 1 aromatic heterocycles. The molecule has 1 fully saturated rings. The first-order chi connectivity index (χ1) is 8.66. The van der Waals surface area contributed by atoms with Crippen LogP contribution in [0.15, 0.2) is 16.9 Å². The van der Waals surface area contributed by atoms with Gasteiger partial charge in [0.25, 0.3) is 0 Å². The summed E-state index contributed by atoms with van der Waals surface area (Å²) in [5.41, 5.74) is 0. The second-order valence-corrected chi connectivity index (χ2v) is 4.29. The van der Waals surface area contributed by atoms with Crippen molar-refractivity contribution in [3.8, 4) is 0 Å². The summed E-state index contributed by atoms with van der Waals surface area (Å²) in [5, 5.41) is 17.7. The smallest absolute Gasteiger partial charge is 0.314 e. The molecule has 0 aliphatic heterocycles. The summed E-state index contributed by atoms with van der Waals surface area (Å²) in [6, 6.07) is 1.43. The standard InChI is InChI=1S/C11H15N3O4/c15-8(7-1-2-7)3-5-12-10(16)11(17)13-9-4-6-18-14-9/h4,6-8,15H,1-3,5H2,(H,12,16)(H,13,14,17)/t8-/m1/s1. The van der Waals surface area contributed by atoms with Gasteiger partial charge in [0.2, 0.25) is 0 Å². The topological polar surface area (TPSA) is 104 Å². The van der Waals surface area contributed by atoms with E-state index in [1.165, 1.54) is 12.3 Å². The Morgan fingerprint density at radius 2 is 2.28 bits per heavy atom. The first kappa shape index (κ1) is 12.6. The monoisotopic (exact) mass is 253 g/mol. The molecule has 7 heteroatoms. The van der Waals surface area contributed by atoms with Crippen LogP contribution in [-0.4, -0.2) is 34.7 Å². The average Bonchev–Trinajstić information content (AvgIpc) is 3.08. The van der Waals surface area contributed by atoms with Crippen LogP contribution in [-0.2, 0) is 9.59 Å². The van der Waals surface area contributed by atoms with Gasteiger partial charge in [0, 0.05) is 12.6 Å². The van der Waals surface area contributed by atoms with Gasteiger partial charge in [-0.25, -0.2) is 0 Å². The highest BCUT2D eigenvalue weighted by molar-refractivity contribution is 6.39. The van der Waals surface area contributed by atoms with Gasteiger partial charge < -0.3 is 14.9 Å². The van der Waals surface area contributed by atoms with Gasteiger partial charge in [-0.1, -0.05) is 5.16 Å². The molecule has 1 saturated carbocycles. The quantitative estimate of drug-likeness (QED) is 0.635. The van der Waals surface area contributed by atoms with Gasteiger partial charge in [-0.15, -0.1) is 0 Å². The number of anilines is 1. The average molecular weight is 253 g/mol. The van der Waals surface area contributed by atoms with Crippen LogP contribution in [0.2, 0.25) is 0 Å². The molecule has 0 bridgehead atoms. The molecule has 1 aromatic rings. The Morgan fingerprint density at radius 3 is 2.89 bits per heavy atom. The summed E-state index contributed by atoms with van der Waals surface area (Å²) < 4.78 is 4.51. The molecule has 0 saturated heterocycles. The number of aliphatic hydroxyl groups is 1.